The lowest BCUT2D eigenvalue weighted by atomic mass is 9.88. The van der Waals surface area contributed by atoms with Crippen LogP contribution in [0.2, 0.25) is 0 Å². The first kappa shape index (κ1) is 33.5. The second-order valence-corrected chi connectivity index (χ2v) is 12.0. The van der Waals surface area contributed by atoms with Crippen molar-refractivity contribution in [3.05, 3.63) is 113 Å². The molecule has 9 nitrogen and oxygen atoms in total. The molecule has 1 atom stereocenters. The summed E-state index contributed by atoms with van der Waals surface area (Å²) < 4.78 is 52.3. The van der Waals surface area contributed by atoms with E-state index in [4.69, 9.17) is 19.6 Å². The van der Waals surface area contributed by atoms with Gasteiger partial charge in [-0.15, -0.1) is 0 Å². The SMILES string of the molecule is CN1CCC(c2ccc(-c3ccc4c(c3)C(=O)N(C(c3nc5ccccc5[nH]3)c3cc(F)ccc3O)CO4)cc2)CC1.O=C(O)C(F)(F)F. The zero-order valence-electron chi connectivity index (χ0n) is 26.2. The van der Waals surface area contributed by atoms with Crippen molar-refractivity contribution in [1.29, 1.82) is 0 Å². The molecule has 0 aliphatic carbocycles. The topological polar surface area (TPSA) is 119 Å². The second-order valence-electron chi connectivity index (χ2n) is 12.0. The molecular weight excluding hydrogens is 644 g/mol. The van der Waals surface area contributed by atoms with Gasteiger partial charge in [-0.3, -0.25) is 9.69 Å². The maximum absolute atomic E-state index is 14.5. The number of piperidine rings is 1. The smallest absolute Gasteiger partial charge is 0.490 e. The Balaban J connectivity index is 0.000000540. The van der Waals surface area contributed by atoms with E-state index in [0.29, 0.717) is 28.6 Å². The molecular formula is C36H32F4N4O5. The first-order valence-corrected chi connectivity index (χ1v) is 15.5. The molecule has 3 N–H and O–H groups in total. The Kier molecular flexibility index (Phi) is 9.28. The molecule has 1 fully saturated rings. The normalized spacial score (nSPS) is 16.0. The predicted octanol–water partition coefficient (Wildman–Crippen LogP) is 7.10. The van der Waals surface area contributed by atoms with Crippen molar-refractivity contribution in [1.82, 2.24) is 19.8 Å². The third-order valence-electron chi connectivity index (χ3n) is 8.77. The summed E-state index contributed by atoms with van der Waals surface area (Å²) in [5, 5.41) is 17.9. The number of alkyl halides is 3. The standard InChI is InChI=1S/C34H31FN4O3.C2HF3O2/c1-38-16-14-23(15-17-38)21-6-8-22(9-7-21)24-10-13-31-27(18-24)34(41)39(20-42-31)32(26-19-25(35)11-12-30(26)40)33-36-28-4-2-3-5-29(28)37-33;3-2(4,5)1(6)7/h2-13,18-19,23,32,40H,14-17,20H2,1H3,(H,36,37);(H,6,7). The van der Waals surface area contributed by atoms with Crippen LogP contribution in [-0.2, 0) is 4.79 Å². The van der Waals surface area contributed by atoms with E-state index < -0.39 is 24.0 Å². The Morgan fingerprint density at radius 2 is 1.65 bits per heavy atom. The van der Waals surface area contributed by atoms with Gasteiger partial charge in [0, 0.05) is 5.56 Å². The fraction of sp³-hybridized carbons (Fsp3) is 0.250. The van der Waals surface area contributed by atoms with Crippen LogP contribution >= 0.6 is 0 Å². The molecule has 0 saturated carbocycles. The minimum absolute atomic E-state index is 0.0892. The highest BCUT2D eigenvalue weighted by Crippen LogP contribution is 2.39. The van der Waals surface area contributed by atoms with Gasteiger partial charge in [-0.1, -0.05) is 42.5 Å². The number of amides is 1. The fourth-order valence-electron chi connectivity index (χ4n) is 6.15. The number of fused-ring (bicyclic) bond motifs is 2. The molecule has 3 heterocycles. The van der Waals surface area contributed by atoms with E-state index in [-0.39, 0.29) is 24.0 Å². The van der Waals surface area contributed by atoms with Gasteiger partial charge in [0.05, 0.1) is 16.6 Å². The van der Waals surface area contributed by atoms with Gasteiger partial charge in [-0.2, -0.15) is 13.2 Å². The monoisotopic (exact) mass is 676 g/mol. The van der Waals surface area contributed by atoms with Crippen molar-refractivity contribution in [3.63, 3.8) is 0 Å². The van der Waals surface area contributed by atoms with E-state index in [0.717, 1.165) is 42.6 Å². The van der Waals surface area contributed by atoms with Crippen LogP contribution in [0.5, 0.6) is 11.5 Å². The largest absolute Gasteiger partial charge is 0.508 e. The lowest BCUT2D eigenvalue weighted by molar-refractivity contribution is -0.192. The molecule has 5 aromatic rings. The number of aliphatic carboxylic acids is 1. The molecule has 7 rings (SSSR count). The van der Waals surface area contributed by atoms with Crippen LogP contribution in [0.4, 0.5) is 17.6 Å². The molecule has 4 aromatic carbocycles. The van der Waals surface area contributed by atoms with Crippen molar-refractivity contribution in [2.45, 2.75) is 31.0 Å². The molecule has 13 heteroatoms. The lowest BCUT2D eigenvalue weighted by Gasteiger charge is -2.35. The Bertz CT molecular complexity index is 1960. The lowest BCUT2D eigenvalue weighted by Crippen LogP contribution is -2.42. The van der Waals surface area contributed by atoms with Gasteiger partial charge >= 0.3 is 12.1 Å². The van der Waals surface area contributed by atoms with Gasteiger partial charge in [-0.05, 0) is 98.1 Å². The van der Waals surface area contributed by atoms with Crippen molar-refractivity contribution in [2.75, 3.05) is 26.9 Å². The first-order valence-electron chi connectivity index (χ1n) is 15.5. The molecule has 1 unspecified atom stereocenters. The van der Waals surface area contributed by atoms with Crippen molar-refractivity contribution < 1.29 is 42.1 Å². The number of hydrogen-bond acceptors (Lipinski definition) is 6. The Morgan fingerprint density at radius 1 is 0.980 bits per heavy atom. The minimum Gasteiger partial charge on any atom is -0.508 e. The molecule has 254 valence electrons. The highest BCUT2D eigenvalue weighted by molar-refractivity contribution is 5.99. The van der Waals surface area contributed by atoms with Crippen molar-refractivity contribution in [3.8, 4) is 22.6 Å². The van der Waals surface area contributed by atoms with Crippen LogP contribution in [0.3, 0.4) is 0 Å². The van der Waals surface area contributed by atoms with Crippen molar-refractivity contribution >= 4 is 22.9 Å². The van der Waals surface area contributed by atoms with Gasteiger partial charge in [0.2, 0.25) is 0 Å². The van der Waals surface area contributed by atoms with Gasteiger partial charge in [0.1, 0.15) is 29.2 Å². The van der Waals surface area contributed by atoms with E-state index in [2.05, 4.69) is 41.2 Å². The number of phenolic OH excluding ortho intramolecular Hbond substituents is 1. The summed E-state index contributed by atoms with van der Waals surface area (Å²) in [6.45, 7) is 2.13. The number of carbonyl (C=O) groups is 2. The Labute approximate surface area is 278 Å². The number of hydrogen-bond donors (Lipinski definition) is 3. The van der Waals surface area contributed by atoms with Crippen LogP contribution in [0.25, 0.3) is 22.2 Å². The van der Waals surface area contributed by atoms with Crippen LogP contribution in [-0.4, -0.2) is 74.9 Å². The number of carboxylic acid groups (broad SMARTS) is 1. The molecule has 2 aliphatic rings. The molecule has 0 radical (unpaired) electrons. The summed E-state index contributed by atoms with van der Waals surface area (Å²) in [4.78, 5) is 34.8. The maximum Gasteiger partial charge on any atom is 0.490 e. The van der Waals surface area contributed by atoms with Crippen LogP contribution in [0.1, 0.15) is 52.1 Å². The van der Waals surface area contributed by atoms with Crippen molar-refractivity contribution in [2.24, 2.45) is 0 Å². The summed E-state index contributed by atoms with van der Waals surface area (Å²) in [5.74, 6) is -2.27. The van der Waals surface area contributed by atoms with Gasteiger partial charge < -0.3 is 24.8 Å². The number of H-pyrrole nitrogens is 1. The molecule has 2 aliphatic heterocycles. The number of benzene rings is 4. The number of likely N-dealkylation sites (tertiary alicyclic amines) is 1. The van der Waals surface area contributed by atoms with Gasteiger partial charge in [0.15, 0.2) is 6.73 Å². The van der Waals surface area contributed by atoms with E-state index in [9.17, 15) is 27.5 Å². The summed E-state index contributed by atoms with van der Waals surface area (Å²) in [7, 11) is 2.17. The number of halogens is 4. The molecule has 1 saturated heterocycles. The summed E-state index contributed by atoms with van der Waals surface area (Å²) in [6, 6.07) is 24.5. The quantitative estimate of drug-likeness (QED) is 0.170. The third-order valence-corrected chi connectivity index (χ3v) is 8.77. The van der Waals surface area contributed by atoms with Gasteiger partial charge in [-0.25, -0.2) is 14.2 Å². The van der Waals surface area contributed by atoms with E-state index >= 15 is 0 Å². The maximum atomic E-state index is 14.5. The number of nitrogens with one attached hydrogen (secondary N) is 1. The van der Waals surface area contributed by atoms with Gasteiger partial charge in [0.25, 0.3) is 5.91 Å². The number of phenols is 1. The minimum atomic E-state index is -5.08. The molecule has 49 heavy (non-hydrogen) atoms. The summed E-state index contributed by atoms with van der Waals surface area (Å²) in [5.41, 5.74) is 5.34. The fourth-order valence-corrected chi connectivity index (χ4v) is 6.15. The third kappa shape index (κ3) is 7.21. The average Bonchev–Trinajstić information content (AvgIpc) is 3.51. The zero-order chi connectivity index (χ0) is 34.9. The summed E-state index contributed by atoms with van der Waals surface area (Å²) in [6.07, 6.45) is -2.77. The number of aromatic amines is 1. The Morgan fingerprint density at radius 3 is 2.33 bits per heavy atom. The van der Waals surface area contributed by atoms with E-state index in [1.165, 1.54) is 28.7 Å². The number of imidazole rings is 1. The predicted molar refractivity (Wildman–Crippen MR) is 173 cm³/mol. The highest BCUT2D eigenvalue weighted by Gasteiger charge is 2.38. The number of rotatable bonds is 5. The molecule has 0 spiro atoms. The highest BCUT2D eigenvalue weighted by atomic mass is 19.4. The van der Waals surface area contributed by atoms with E-state index in [1.807, 2.05) is 42.5 Å². The number of nitrogens with zero attached hydrogens (tertiary/aromatic N) is 3. The second kappa shape index (κ2) is 13.6. The Hall–Kier alpha value is -5.43. The number of carboxylic acids is 1. The van der Waals surface area contributed by atoms with Crippen LogP contribution < -0.4 is 4.74 Å². The summed E-state index contributed by atoms with van der Waals surface area (Å²) >= 11 is 0. The number of carbonyl (C=O) groups excluding carboxylic acids is 1. The molecule has 0 bridgehead atoms. The number of aromatic nitrogens is 2. The molecule has 1 amide bonds. The zero-order valence-corrected chi connectivity index (χ0v) is 26.2. The first-order chi connectivity index (χ1) is 23.4. The number of aromatic hydroxyl groups is 1. The molecule has 1 aromatic heterocycles. The van der Waals surface area contributed by atoms with E-state index in [1.54, 1.807) is 0 Å². The van der Waals surface area contributed by atoms with Crippen LogP contribution in [0, 0.1) is 5.82 Å². The average molecular weight is 677 g/mol. The number of ether oxygens (including phenoxy) is 1. The van der Waals surface area contributed by atoms with Crippen LogP contribution in [0.15, 0.2) is 84.9 Å². The number of para-hydroxylation sites is 2.